The fraction of sp³-hybridized carbons (Fsp3) is 0.643. The summed E-state index contributed by atoms with van der Waals surface area (Å²) in [5, 5.41) is 0. The number of hydrogen-bond donors (Lipinski definition) is 1. The molecule has 0 amide bonds. The van der Waals surface area contributed by atoms with E-state index in [0.29, 0.717) is 5.41 Å². The normalized spacial score (nSPS) is 20.4. The van der Waals surface area contributed by atoms with Crippen LogP contribution in [0.25, 0.3) is 0 Å². The van der Waals surface area contributed by atoms with Crippen LogP contribution in [0.5, 0.6) is 0 Å². The molecule has 94 valence electrons. The molecule has 2 rings (SSSR count). The van der Waals surface area contributed by atoms with Crippen molar-refractivity contribution in [1.29, 1.82) is 0 Å². The van der Waals surface area contributed by atoms with E-state index < -0.39 is 0 Å². The second-order valence-corrected chi connectivity index (χ2v) is 5.47. The molecule has 0 aromatic carbocycles. The first-order valence-electron chi connectivity index (χ1n) is 6.53. The van der Waals surface area contributed by atoms with E-state index in [1.807, 2.05) is 18.5 Å². The molecule has 1 saturated heterocycles. The second-order valence-electron chi connectivity index (χ2n) is 5.47. The van der Waals surface area contributed by atoms with Crippen LogP contribution < -0.4 is 5.73 Å². The third-order valence-corrected chi connectivity index (χ3v) is 4.00. The Hall–Kier alpha value is -0.930. The Kier molecular flexibility index (Phi) is 4.13. The van der Waals surface area contributed by atoms with Gasteiger partial charge in [-0.2, -0.15) is 0 Å². The van der Waals surface area contributed by atoms with Gasteiger partial charge in [0.1, 0.15) is 0 Å². The molecular formula is C14H23N3. The number of likely N-dealkylation sites (tertiary alicyclic amines) is 1. The second kappa shape index (κ2) is 5.61. The van der Waals surface area contributed by atoms with E-state index in [-0.39, 0.29) is 0 Å². The molecule has 1 aromatic heterocycles. The van der Waals surface area contributed by atoms with Crippen LogP contribution in [0, 0.1) is 5.41 Å². The van der Waals surface area contributed by atoms with Crippen molar-refractivity contribution in [2.75, 3.05) is 26.2 Å². The Balaban J connectivity index is 1.75. The lowest BCUT2D eigenvalue weighted by Crippen LogP contribution is -2.42. The Labute approximate surface area is 104 Å². The summed E-state index contributed by atoms with van der Waals surface area (Å²) >= 11 is 0. The van der Waals surface area contributed by atoms with E-state index >= 15 is 0 Å². The van der Waals surface area contributed by atoms with Crippen molar-refractivity contribution in [3.05, 3.63) is 30.1 Å². The molecule has 2 N–H and O–H groups in total. The summed E-state index contributed by atoms with van der Waals surface area (Å²) in [4.78, 5) is 6.70. The highest BCUT2D eigenvalue weighted by molar-refractivity contribution is 5.08. The highest BCUT2D eigenvalue weighted by Crippen LogP contribution is 2.29. The third kappa shape index (κ3) is 3.51. The molecule has 0 atom stereocenters. The first-order valence-corrected chi connectivity index (χ1v) is 6.53. The van der Waals surface area contributed by atoms with Crippen molar-refractivity contribution in [3.8, 4) is 0 Å². The molecule has 0 unspecified atom stereocenters. The van der Waals surface area contributed by atoms with Crippen LogP contribution in [-0.2, 0) is 6.42 Å². The minimum absolute atomic E-state index is 0.380. The van der Waals surface area contributed by atoms with Crippen LogP contribution in [0.15, 0.2) is 24.5 Å². The Morgan fingerprint density at radius 1 is 1.41 bits per heavy atom. The number of nitrogens with zero attached hydrogens (tertiary/aromatic N) is 2. The van der Waals surface area contributed by atoms with E-state index in [2.05, 4.69) is 22.9 Å². The zero-order valence-electron chi connectivity index (χ0n) is 10.7. The van der Waals surface area contributed by atoms with Gasteiger partial charge in [-0.1, -0.05) is 13.0 Å². The average Bonchev–Trinajstić information content (AvgIpc) is 2.39. The van der Waals surface area contributed by atoms with Crippen molar-refractivity contribution < 1.29 is 0 Å². The van der Waals surface area contributed by atoms with Gasteiger partial charge in [0.15, 0.2) is 0 Å². The van der Waals surface area contributed by atoms with Gasteiger partial charge >= 0.3 is 0 Å². The van der Waals surface area contributed by atoms with Gasteiger partial charge in [-0.05, 0) is 55.9 Å². The molecule has 1 aliphatic heterocycles. The van der Waals surface area contributed by atoms with E-state index in [0.717, 1.165) is 19.5 Å². The van der Waals surface area contributed by atoms with E-state index in [1.54, 1.807) is 0 Å². The molecule has 0 bridgehead atoms. The Morgan fingerprint density at radius 3 is 2.76 bits per heavy atom. The summed E-state index contributed by atoms with van der Waals surface area (Å²) in [6, 6.07) is 4.16. The number of nitrogens with two attached hydrogens (primary N) is 1. The number of piperidine rings is 1. The molecule has 2 heterocycles. The molecule has 0 radical (unpaired) electrons. The molecule has 3 nitrogen and oxygen atoms in total. The van der Waals surface area contributed by atoms with Gasteiger partial charge in [0.25, 0.3) is 0 Å². The van der Waals surface area contributed by atoms with Crippen molar-refractivity contribution in [2.24, 2.45) is 11.1 Å². The minimum Gasteiger partial charge on any atom is -0.330 e. The number of rotatable bonds is 4. The lowest BCUT2D eigenvalue weighted by Gasteiger charge is -2.38. The SMILES string of the molecule is CC1(CN)CCN(CCc2cccnc2)CC1. The van der Waals surface area contributed by atoms with Crippen LogP contribution in [0.4, 0.5) is 0 Å². The fourth-order valence-electron chi connectivity index (χ4n) is 2.35. The number of aromatic nitrogens is 1. The summed E-state index contributed by atoms with van der Waals surface area (Å²) in [6.07, 6.45) is 7.37. The monoisotopic (exact) mass is 233 g/mol. The van der Waals surface area contributed by atoms with Crippen LogP contribution in [-0.4, -0.2) is 36.1 Å². The van der Waals surface area contributed by atoms with Gasteiger partial charge < -0.3 is 10.6 Å². The topological polar surface area (TPSA) is 42.1 Å². The maximum atomic E-state index is 5.82. The summed E-state index contributed by atoms with van der Waals surface area (Å²) < 4.78 is 0. The fourth-order valence-corrected chi connectivity index (χ4v) is 2.35. The summed E-state index contributed by atoms with van der Waals surface area (Å²) in [7, 11) is 0. The number of hydrogen-bond acceptors (Lipinski definition) is 3. The quantitative estimate of drug-likeness (QED) is 0.860. The van der Waals surface area contributed by atoms with Gasteiger partial charge in [0.05, 0.1) is 0 Å². The summed E-state index contributed by atoms with van der Waals surface area (Å²) in [6.45, 7) is 6.66. The first kappa shape index (κ1) is 12.5. The lowest BCUT2D eigenvalue weighted by atomic mass is 9.80. The predicted octanol–water partition coefficient (Wildman–Crippen LogP) is 1.68. The molecule has 17 heavy (non-hydrogen) atoms. The van der Waals surface area contributed by atoms with Crippen LogP contribution in [0.1, 0.15) is 25.3 Å². The maximum Gasteiger partial charge on any atom is 0.0300 e. The molecular weight excluding hydrogens is 210 g/mol. The van der Waals surface area contributed by atoms with Crippen LogP contribution >= 0.6 is 0 Å². The third-order valence-electron chi connectivity index (χ3n) is 4.00. The smallest absolute Gasteiger partial charge is 0.0300 e. The first-order chi connectivity index (χ1) is 8.22. The minimum atomic E-state index is 0.380. The van der Waals surface area contributed by atoms with Crippen LogP contribution in [0.2, 0.25) is 0 Å². The molecule has 0 aliphatic carbocycles. The average molecular weight is 233 g/mol. The van der Waals surface area contributed by atoms with Gasteiger partial charge in [-0.25, -0.2) is 0 Å². The largest absolute Gasteiger partial charge is 0.330 e. The van der Waals surface area contributed by atoms with E-state index in [4.69, 9.17) is 5.73 Å². The molecule has 1 aromatic rings. The van der Waals surface area contributed by atoms with Gasteiger partial charge in [-0.15, -0.1) is 0 Å². The van der Waals surface area contributed by atoms with Gasteiger partial charge in [0.2, 0.25) is 0 Å². The van der Waals surface area contributed by atoms with Gasteiger partial charge in [0, 0.05) is 18.9 Å². The summed E-state index contributed by atoms with van der Waals surface area (Å²) in [5.74, 6) is 0. The maximum absolute atomic E-state index is 5.82. The standard InChI is InChI=1S/C14H23N3/c1-14(12-15)5-9-17(10-6-14)8-4-13-3-2-7-16-11-13/h2-3,7,11H,4-6,8-10,12,15H2,1H3. The predicted molar refractivity (Wildman–Crippen MR) is 70.8 cm³/mol. The zero-order chi connectivity index (χ0) is 12.1. The van der Waals surface area contributed by atoms with Gasteiger partial charge in [-0.3, -0.25) is 4.98 Å². The van der Waals surface area contributed by atoms with Crippen molar-refractivity contribution in [1.82, 2.24) is 9.88 Å². The molecule has 0 spiro atoms. The Morgan fingerprint density at radius 2 is 2.18 bits per heavy atom. The highest BCUT2D eigenvalue weighted by Gasteiger charge is 2.28. The van der Waals surface area contributed by atoms with Crippen molar-refractivity contribution in [2.45, 2.75) is 26.2 Å². The molecule has 3 heteroatoms. The Bertz CT molecular complexity index is 329. The number of pyridine rings is 1. The van der Waals surface area contributed by atoms with Crippen molar-refractivity contribution in [3.63, 3.8) is 0 Å². The van der Waals surface area contributed by atoms with Crippen molar-refractivity contribution >= 4 is 0 Å². The molecule has 1 fully saturated rings. The molecule has 0 saturated carbocycles. The van der Waals surface area contributed by atoms with E-state index in [9.17, 15) is 0 Å². The zero-order valence-corrected chi connectivity index (χ0v) is 10.7. The lowest BCUT2D eigenvalue weighted by molar-refractivity contribution is 0.125. The van der Waals surface area contributed by atoms with Crippen LogP contribution in [0.3, 0.4) is 0 Å². The molecule has 1 aliphatic rings. The summed E-state index contributed by atoms with van der Waals surface area (Å²) in [5.41, 5.74) is 7.53. The highest BCUT2D eigenvalue weighted by atomic mass is 15.1. The van der Waals surface area contributed by atoms with E-state index in [1.165, 1.54) is 31.5 Å².